The van der Waals surface area contributed by atoms with Crippen molar-refractivity contribution in [2.45, 2.75) is 59.4 Å². The van der Waals surface area contributed by atoms with Gasteiger partial charge in [0.25, 0.3) is 0 Å². The smallest absolute Gasteiger partial charge is 0.356 e. The van der Waals surface area contributed by atoms with Crippen LogP contribution in [0.5, 0.6) is 0 Å². The van der Waals surface area contributed by atoms with Gasteiger partial charge in [-0.2, -0.15) is 0 Å². The second-order valence-corrected chi connectivity index (χ2v) is 5.46. The summed E-state index contributed by atoms with van der Waals surface area (Å²) in [5.74, 6) is 0.150. The zero-order valence-electron chi connectivity index (χ0n) is 13.0. The molecule has 0 radical (unpaired) electrons. The van der Waals surface area contributed by atoms with E-state index in [1.54, 1.807) is 6.20 Å². The van der Waals surface area contributed by atoms with Gasteiger partial charge in [-0.15, -0.1) is 0 Å². The van der Waals surface area contributed by atoms with Gasteiger partial charge < -0.3 is 10.4 Å². The Bertz CT molecular complexity index is 456. The van der Waals surface area contributed by atoms with Crippen LogP contribution >= 0.6 is 0 Å². The standard InChI is InChI=1S/C15H25N3O2/c1-6-11(7-2)10(5)17-12-8-16-14(9(3)4)18-13(12)15(19)20/h8-11,17H,6-7H2,1-5H3,(H,19,20). The molecule has 0 aliphatic rings. The predicted octanol–water partition coefficient (Wildman–Crippen LogP) is 3.53. The van der Waals surface area contributed by atoms with Gasteiger partial charge in [-0.1, -0.05) is 40.5 Å². The average molecular weight is 279 g/mol. The first kappa shape index (κ1) is 16.4. The minimum Gasteiger partial charge on any atom is -0.476 e. The summed E-state index contributed by atoms with van der Waals surface area (Å²) >= 11 is 0. The Morgan fingerprint density at radius 2 is 1.90 bits per heavy atom. The van der Waals surface area contributed by atoms with Crippen LogP contribution in [0.2, 0.25) is 0 Å². The minimum absolute atomic E-state index is 0.0570. The molecule has 1 heterocycles. The third-order valence-corrected chi connectivity index (χ3v) is 3.67. The molecular formula is C15H25N3O2. The molecule has 0 aromatic carbocycles. The summed E-state index contributed by atoms with van der Waals surface area (Å²) in [5, 5.41) is 12.6. The lowest BCUT2D eigenvalue weighted by molar-refractivity contribution is 0.0691. The van der Waals surface area contributed by atoms with E-state index in [2.05, 4.69) is 36.1 Å². The summed E-state index contributed by atoms with van der Waals surface area (Å²) in [6.45, 7) is 10.2. The van der Waals surface area contributed by atoms with E-state index in [1.165, 1.54) is 0 Å². The monoisotopic (exact) mass is 279 g/mol. The number of nitrogens with zero attached hydrogens (tertiary/aromatic N) is 2. The number of anilines is 1. The summed E-state index contributed by atoms with van der Waals surface area (Å²) in [6, 6.07) is 0.191. The molecule has 112 valence electrons. The fourth-order valence-corrected chi connectivity index (χ4v) is 2.30. The van der Waals surface area contributed by atoms with E-state index >= 15 is 0 Å². The summed E-state index contributed by atoms with van der Waals surface area (Å²) in [7, 11) is 0. The van der Waals surface area contributed by atoms with Crippen molar-refractivity contribution in [2.75, 3.05) is 5.32 Å². The maximum atomic E-state index is 11.4. The summed E-state index contributed by atoms with van der Waals surface area (Å²) in [4.78, 5) is 19.8. The molecule has 1 aromatic heterocycles. The molecule has 0 fully saturated rings. The van der Waals surface area contributed by atoms with Gasteiger partial charge >= 0.3 is 5.97 Å². The lowest BCUT2D eigenvalue weighted by Gasteiger charge is -2.24. The van der Waals surface area contributed by atoms with Crippen molar-refractivity contribution in [1.82, 2.24) is 9.97 Å². The van der Waals surface area contributed by atoms with Crippen LogP contribution in [0.3, 0.4) is 0 Å². The zero-order valence-corrected chi connectivity index (χ0v) is 13.0. The lowest BCUT2D eigenvalue weighted by Crippen LogP contribution is -2.26. The minimum atomic E-state index is -1.02. The number of nitrogens with one attached hydrogen (secondary N) is 1. The highest BCUT2D eigenvalue weighted by Gasteiger charge is 2.19. The predicted molar refractivity (Wildman–Crippen MR) is 80.2 cm³/mol. The number of carboxylic acid groups (broad SMARTS) is 1. The van der Waals surface area contributed by atoms with E-state index in [4.69, 9.17) is 0 Å². The zero-order chi connectivity index (χ0) is 15.3. The molecule has 1 unspecified atom stereocenters. The Kier molecular flexibility index (Phi) is 5.92. The number of aromatic nitrogens is 2. The summed E-state index contributed by atoms with van der Waals surface area (Å²) < 4.78 is 0. The topological polar surface area (TPSA) is 75.1 Å². The van der Waals surface area contributed by atoms with Gasteiger partial charge in [0.2, 0.25) is 0 Å². The molecule has 1 aromatic rings. The van der Waals surface area contributed by atoms with Gasteiger partial charge in [-0.3, -0.25) is 0 Å². The van der Waals surface area contributed by atoms with Gasteiger partial charge in [-0.25, -0.2) is 14.8 Å². The molecule has 1 rings (SSSR count). The second kappa shape index (κ2) is 7.22. The molecule has 5 nitrogen and oxygen atoms in total. The fraction of sp³-hybridized carbons (Fsp3) is 0.667. The Labute approximate surface area is 120 Å². The van der Waals surface area contributed by atoms with Gasteiger partial charge in [0.05, 0.1) is 11.9 Å². The number of rotatable bonds is 7. The lowest BCUT2D eigenvalue weighted by atomic mass is 9.95. The SMILES string of the molecule is CCC(CC)C(C)Nc1cnc(C(C)C)nc1C(=O)O. The largest absolute Gasteiger partial charge is 0.476 e. The third-order valence-electron chi connectivity index (χ3n) is 3.67. The van der Waals surface area contributed by atoms with Gasteiger partial charge in [0.1, 0.15) is 5.82 Å². The van der Waals surface area contributed by atoms with Gasteiger partial charge in [0, 0.05) is 12.0 Å². The van der Waals surface area contributed by atoms with Crippen LogP contribution in [0.25, 0.3) is 0 Å². The van der Waals surface area contributed by atoms with E-state index < -0.39 is 5.97 Å². The molecule has 0 saturated carbocycles. The fourth-order valence-electron chi connectivity index (χ4n) is 2.30. The Hall–Kier alpha value is -1.65. The molecule has 0 spiro atoms. The van der Waals surface area contributed by atoms with Crippen molar-refractivity contribution >= 4 is 11.7 Å². The van der Waals surface area contributed by atoms with E-state index in [0.717, 1.165) is 12.8 Å². The number of carbonyl (C=O) groups is 1. The van der Waals surface area contributed by atoms with Crippen molar-refractivity contribution in [3.63, 3.8) is 0 Å². The van der Waals surface area contributed by atoms with E-state index in [1.807, 2.05) is 13.8 Å². The normalized spacial score (nSPS) is 12.8. The van der Waals surface area contributed by atoms with Gasteiger partial charge in [-0.05, 0) is 12.8 Å². The van der Waals surface area contributed by atoms with Crippen LogP contribution in [0.15, 0.2) is 6.20 Å². The molecular weight excluding hydrogens is 254 g/mol. The van der Waals surface area contributed by atoms with Crippen LogP contribution in [0.1, 0.15) is 69.7 Å². The Balaban J connectivity index is 3.03. The first-order valence-corrected chi connectivity index (χ1v) is 7.27. The van der Waals surface area contributed by atoms with Gasteiger partial charge in [0.15, 0.2) is 5.69 Å². The highest BCUT2D eigenvalue weighted by molar-refractivity contribution is 5.91. The Morgan fingerprint density at radius 1 is 1.30 bits per heavy atom. The molecule has 1 atom stereocenters. The van der Waals surface area contributed by atoms with Crippen LogP contribution < -0.4 is 5.32 Å². The Morgan fingerprint density at radius 3 is 2.35 bits per heavy atom. The van der Waals surface area contributed by atoms with Crippen molar-refractivity contribution in [3.05, 3.63) is 17.7 Å². The van der Waals surface area contributed by atoms with Crippen LogP contribution in [0, 0.1) is 5.92 Å². The average Bonchev–Trinajstić information content (AvgIpc) is 2.39. The van der Waals surface area contributed by atoms with Crippen LogP contribution in [-0.4, -0.2) is 27.1 Å². The van der Waals surface area contributed by atoms with Crippen molar-refractivity contribution in [3.8, 4) is 0 Å². The highest BCUT2D eigenvalue weighted by atomic mass is 16.4. The number of aromatic carboxylic acids is 1. The number of hydrogen-bond acceptors (Lipinski definition) is 4. The number of hydrogen-bond donors (Lipinski definition) is 2. The molecule has 5 heteroatoms. The molecule has 2 N–H and O–H groups in total. The summed E-state index contributed by atoms with van der Waals surface area (Å²) in [6.07, 6.45) is 3.70. The summed E-state index contributed by atoms with van der Waals surface area (Å²) in [5.41, 5.74) is 0.558. The van der Waals surface area contributed by atoms with Crippen LogP contribution in [-0.2, 0) is 0 Å². The molecule has 0 saturated heterocycles. The quantitative estimate of drug-likeness (QED) is 0.798. The van der Waals surface area contributed by atoms with Crippen molar-refractivity contribution in [1.29, 1.82) is 0 Å². The molecule has 20 heavy (non-hydrogen) atoms. The maximum absolute atomic E-state index is 11.4. The molecule has 0 amide bonds. The van der Waals surface area contributed by atoms with E-state index in [9.17, 15) is 9.90 Å². The van der Waals surface area contributed by atoms with E-state index in [-0.39, 0.29) is 17.7 Å². The number of carboxylic acids is 1. The highest BCUT2D eigenvalue weighted by Crippen LogP contribution is 2.21. The molecule has 0 bridgehead atoms. The van der Waals surface area contributed by atoms with E-state index in [0.29, 0.717) is 17.4 Å². The first-order chi connectivity index (χ1) is 9.40. The maximum Gasteiger partial charge on any atom is 0.356 e. The molecule has 0 aliphatic carbocycles. The molecule has 0 aliphatic heterocycles. The second-order valence-electron chi connectivity index (χ2n) is 5.46. The third kappa shape index (κ3) is 3.92. The van der Waals surface area contributed by atoms with Crippen LogP contribution in [0.4, 0.5) is 5.69 Å². The van der Waals surface area contributed by atoms with Crippen molar-refractivity contribution < 1.29 is 9.90 Å². The first-order valence-electron chi connectivity index (χ1n) is 7.27. The van der Waals surface area contributed by atoms with Crippen molar-refractivity contribution in [2.24, 2.45) is 5.92 Å².